The summed E-state index contributed by atoms with van der Waals surface area (Å²) in [5.74, 6) is 1.39. The van der Waals surface area contributed by atoms with E-state index in [0.29, 0.717) is 5.82 Å². The topological polar surface area (TPSA) is 69.6 Å². The molecule has 5 nitrogen and oxygen atoms in total. The van der Waals surface area contributed by atoms with E-state index in [-0.39, 0.29) is 0 Å². The highest BCUT2D eigenvalue weighted by molar-refractivity contribution is 5.39. The van der Waals surface area contributed by atoms with Crippen LogP contribution >= 0.6 is 0 Å². The van der Waals surface area contributed by atoms with Gasteiger partial charge >= 0.3 is 0 Å². The Morgan fingerprint density at radius 1 is 1.19 bits per heavy atom. The van der Waals surface area contributed by atoms with Crippen molar-refractivity contribution in [2.45, 2.75) is 25.7 Å². The second-order valence-corrected chi connectivity index (χ2v) is 4.01. The summed E-state index contributed by atoms with van der Waals surface area (Å²) >= 11 is 0. The van der Waals surface area contributed by atoms with E-state index in [4.69, 9.17) is 5.73 Å². The number of fused-ring (bicyclic) bond motifs is 1. The summed E-state index contributed by atoms with van der Waals surface area (Å²) in [5, 5.41) is 4.19. The lowest BCUT2D eigenvalue weighted by atomic mass is 9.96. The van der Waals surface area contributed by atoms with Gasteiger partial charge in [0.05, 0.1) is 0 Å². The van der Waals surface area contributed by atoms with Gasteiger partial charge in [-0.15, -0.1) is 5.10 Å². The van der Waals surface area contributed by atoms with Crippen LogP contribution in [0.25, 0.3) is 5.82 Å². The molecule has 2 aromatic rings. The number of anilines is 1. The molecule has 2 N–H and O–H groups in total. The zero-order valence-electron chi connectivity index (χ0n) is 8.93. The van der Waals surface area contributed by atoms with Gasteiger partial charge in [-0.1, -0.05) is 0 Å². The number of rotatable bonds is 1. The smallest absolute Gasteiger partial charge is 0.160 e. The Kier molecular flexibility index (Phi) is 2.09. The van der Waals surface area contributed by atoms with E-state index < -0.39 is 0 Å². The number of aryl methyl sites for hydroxylation is 1. The monoisotopic (exact) mass is 215 g/mol. The fourth-order valence-electron chi connectivity index (χ4n) is 2.16. The highest BCUT2D eigenvalue weighted by Crippen LogP contribution is 2.23. The van der Waals surface area contributed by atoms with Crippen molar-refractivity contribution in [2.75, 3.05) is 5.73 Å². The summed E-state index contributed by atoms with van der Waals surface area (Å²) < 4.78 is 1.74. The molecule has 1 aliphatic carbocycles. The molecule has 82 valence electrons. The molecule has 16 heavy (non-hydrogen) atoms. The second-order valence-electron chi connectivity index (χ2n) is 4.01. The van der Waals surface area contributed by atoms with Gasteiger partial charge in [0.25, 0.3) is 0 Å². The van der Waals surface area contributed by atoms with Crippen LogP contribution in [0, 0.1) is 0 Å². The fourth-order valence-corrected chi connectivity index (χ4v) is 2.16. The van der Waals surface area contributed by atoms with Gasteiger partial charge in [-0.05, 0) is 25.7 Å². The molecule has 3 rings (SSSR count). The lowest BCUT2D eigenvalue weighted by Gasteiger charge is -2.16. The molecule has 0 aromatic carbocycles. The Labute approximate surface area is 93.3 Å². The van der Waals surface area contributed by atoms with Gasteiger partial charge < -0.3 is 5.73 Å². The van der Waals surface area contributed by atoms with Crippen LogP contribution in [0.3, 0.4) is 0 Å². The first-order chi connectivity index (χ1) is 7.84. The quantitative estimate of drug-likeness (QED) is 0.774. The van der Waals surface area contributed by atoms with E-state index >= 15 is 0 Å². The number of hydrogen-bond acceptors (Lipinski definition) is 4. The molecule has 0 unspecified atom stereocenters. The average molecular weight is 215 g/mol. The van der Waals surface area contributed by atoms with E-state index in [0.717, 1.165) is 24.4 Å². The molecule has 0 radical (unpaired) electrons. The van der Waals surface area contributed by atoms with Crippen molar-refractivity contribution in [3.05, 3.63) is 29.8 Å². The minimum absolute atomic E-state index is 0.517. The molecule has 5 heteroatoms. The molecule has 0 bridgehead atoms. The third kappa shape index (κ3) is 1.44. The van der Waals surface area contributed by atoms with Crippen LogP contribution < -0.4 is 5.73 Å². The third-order valence-corrected chi connectivity index (χ3v) is 2.93. The fraction of sp³-hybridized carbons (Fsp3) is 0.364. The third-order valence-electron chi connectivity index (χ3n) is 2.93. The number of nitrogens with two attached hydrogens (primary N) is 1. The minimum Gasteiger partial charge on any atom is -0.382 e. The largest absolute Gasteiger partial charge is 0.382 e. The van der Waals surface area contributed by atoms with Crippen molar-refractivity contribution >= 4 is 5.82 Å². The van der Waals surface area contributed by atoms with Crippen LogP contribution in [0.4, 0.5) is 5.82 Å². The van der Waals surface area contributed by atoms with E-state index in [2.05, 4.69) is 15.1 Å². The molecule has 2 heterocycles. The second kappa shape index (κ2) is 3.59. The molecule has 2 aromatic heterocycles. The molecular weight excluding hydrogens is 202 g/mol. The molecule has 0 amide bonds. The van der Waals surface area contributed by atoms with Crippen molar-refractivity contribution in [3.8, 4) is 5.82 Å². The lowest BCUT2D eigenvalue weighted by Crippen LogP contribution is -2.12. The summed E-state index contributed by atoms with van der Waals surface area (Å²) in [6, 6.07) is 1.78. The van der Waals surface area contributed by atoms with Crippen molar-refractivity contribution < 1.29 is 0 Å². The van der Waals surface area contributed by atoms with Crippen molar-refractivity contribution in [1.29, 1.82) is 0 Å². The van der Waals surface area contributed by atoms with Crippen LogP contribution in [0.1, 0.15) is 24.1 Å². The SMILES string of the molecule is Nc1ccn(-c2ncnc3c2CCCC3)n1. The van der Waals surface area contributed by atoms with Crippen LogP contribution in [0.2, 0.25) is 0 Å². The summed E-state index contributed by atoms with van der Waals surface area (Å²) in [5.41, 5.74) is 7.99. The van der Waals surface area contributed by atoms with Crippen molar-refractivity contribution in [2.24, 2.45) is 0 Å². The summed E-state index contributed by atoms with van der Waals surface area (Å²) in [7, 11) is 0. The maximum Gasteiger partial charge on any atom is 0.160 e. The zero-order valence-corrected chi connectivity index (χ0v) is 8.93. The Hall–Kier alpha value is -1.91. The van der Waals surface area contributed by atoms with Crippen molar-refractivity contribution in [1.82, 2.24) is 19.7 Å². The molecular formula is C11H13N5. The Bertz CT molecular complexity index is 517. The van der Waals surface area contributed by atoms with Crippen LogP contribution in [-0.4, -0.2) is 19.7 Å². The minimum atomic E-state index is 0.517. The molecule has 0 saturated carbocycles. The molecule has 0 atom stereocenters. The van der Waals surface area contributed by atoms with Crippen LogP contribution in [0.5, 0.6) is 0 Å². The highest BCUT2D eigenvalue weighted by Gasteiger charge is 2.16. The molecule has 0 fully saturated rings. The predicted octanol–water partition coefficient (Wildman–Crippen LogP) is 1.12. The lowest BCUT2D eigenvalue weighted by molar-refractivity contribution is 0.650. The van der Waals surface area contributed by atoms with Gasteiger partial charge in [0, 0.05) is 23.5 Å². The van der Waals surface area contributed by atoms with Gasteiger partial charge in [-0.2, -0.15) is 0 Å². The standard InChI is InChI=1S/C11H13N5/c12-10-5-6-16(15-10)11-8-3-1-2-4-9(8)13-7-14-11/h5-7H,1-4H2,(H2,12,15). The van der Waals surface area contributed by atoms with Crippen LogP contribution in [-0.2, 0) is 12.8 Å². The zero-order chi connectivity index (χ0) is 11.0. The Balaban J connectivity index is 2.13. The molecule has 0 saturated heterocycles. The Morgan fingerprint density at radius 2 is 2.06 bits per heavy atom. The summed E-state index contributed by atoms with van der Waals surface area (Å²) in [4.78, 5) is 8.64. The van der Waals surface area contributed by atoms with Gasteiger partial charge in [0.15, 0.2) is 5.82 Å². The first kappa shape index (κ1) is 9.33. The molecule has 0 aliphatic heterocycles. The average Bonchev–Trinajstić information content (AvgIpc) is 2.75. The highest BCUT2D eigenvalue weighted by atomic mass is 15.3. The van der Waals surface area contributed by atoms with Gasteiger partial charge in [-0.3, -0.25) is 0 Å². The van der Waals surface area contributed by atoms with Gasteiger partial charge in [0.2, 0.25) is 0 Å². The maximum absolute atomic E-state index is 5.62. The first-order valence-electron chi connectivity index (χ1n) is 5.49. The van der Waals surface area contributed by atoms with Crippen molar-refractivity contribution in [3.63, 3.8) is 0 Å². The molecule has 1 aliphatic rings. The maximum atomic E-state index is 5.62. The van der Waals surface area contributed by atoms with Crippen LogP contribution in [0.15, 0.2) is 18.6 Å². The van der Waals surface area contributed by atoms with E-state index in [1.54, 1.807) is 17.1 Å². The summed E-state index contributed by atoms with van der Waals surface area (Å²) in [6.45, 7) is 0. The number of nitrogens with zero attached hydrogens (tertiary/aromatic N) is 4. The first-order valence-corrected chi connectivity index (χ1v) is 5.49. The number of hydrogen-bond donors (Lipinski definition) is 1. The normalized spacial score (nSPS) is 14.8. The predicted molar refractivity (Wildman–Crippen MR) is 60.2 cm³/mol. The van der Waals surface area contributed by atoms with Gasteiger partial charge in [0.1, 0.15) is 12.1 Å². The molecule has 0 spiro atoms. The van der Waals surface area contributed by atoms with E-state index in [1.165, 1.54) is 18.4 Å². The number of aromatic nitrogens is 4. The number of nitrogen functional groups attached to an aromatic ring is 1. The van der Waals surface area contributed by atoms with Gasteiger partial charge in [-0.25, -0.2) is 14.6 Å². The summed E-state index contributed by atoms with van der Waals surface area (Å²) in [6.07, 6.45) is 7.94. The van der Waals surface area contributed by atoms with E-state index in [1.807, 2.05) is 6.20 Å². The Morgan fingerprint density at radius 3 is 2.88 bits per heavy atom. The van der Waals surface area contributed by atoms with E-state index in [9.17, 15) is 0 Å².